The molecule has 0 N–H and O–H groups in total. The lowest BCUT2D eigenvalue weighted by Crippen LogP contribution is -2.47. The van der Waals surface area contributed by atoms with Crippen LogP contribution in [0.15, 0.2) is 60.7 Å². The molecule has 0 amide bonds. The number of benzene rings is 2. The average Bonchev–Trinajstić information content (AvgIpc) is 2.64. The van der Waals surface area contributed by atoms with Crippen molar-refractivity contribution in [2.75, 3.05) is 19.7 Å². The van der Waals surface area contributed by atoms with Crippen LogP contribution in [0.2, 0.25) is 0 Å². The van der Waals surface area contributed by atoms with Crippen molar-refractivity contribution in [1.29, 1.82) is 0 Å². The normalized spacial score (nSPS) is 16.7. The zero-order valence-electron chi connectivity index (χ0n) is 14.7. The number of halogens is 1. The maximum atomic E-state index is 12.7. The molecule has 3 rings (SSSR count). The summed E-state index contributed by atoms with van der Waals surface area (Å²) in [4.78, 5) is 15.2. The molecule has 0 spiro atoms. The molecule has 0 aromatic heterocycles. The molecule has 1 heterocycles. The largest absolute Gasteiger partial charge is 0.465 e. The van der Waals surface area contributed by atoms with Gasteiger partial charge in [0.05, 0.1) is 12.0 Å². The van der Waals surface area contributed by atoms with Crippen molar-refractivity contribution in [1.82, 2.24) is 4.90 Å². The van der Waals surface area contributed by atoms with Crippen LogP contribution in [0.4, 0.5) is 0 Å². The van der Waals surface area contributed by atoms with Crippen molar-refractivity contribution in [3.8, 4) is 0 Å². The van der Waals surface area contributed by atoms with Gasteiger partial charge in [-0.15, -0.1) is 12.4 Å². The van der Waals surface area contributed by atoms with Crippen LogP contribution in [0.5, 0.6) is 0 Å². The minimum absolute atomic E-state index is 0. The number of ether oxygens (including phenoxy) is 1. The lowest BCUT2D eigenvalue weighted by atomic mass is 9.72. The molecule has 4 heteroatoms. The standard InChI is InChI=1S/C21H25NO2.ClH/c1-2-24-20(23)21(19-11-7-4-8-12-19)13-15-22(16-14-21)17-18-9-5-3-6-10-18;/h3-12H,2,13-17H2,1H3;1H. The predicted molar refractivity (Wildman–Crippen MR) is 103 cm³/mol. The molecule has 25 heavy (non-hydrogen) atoms. The number of piperidine rings is 1. The van der Waals surface area contributed by atoms with Crippen LogP contribution < -0.4 is 0 Å². The monoisotopic (exact) mass is 359 g/mol. The summed E-state index contributed by atoms with van der Waals surface area (Å²) in [7, 11) is 0. The summed E-state index contributed by atoms with van der Waals surface area (Å²) in [6, 6.07) is 20.6. The van der Waals surface area contributed by atoms with Crippen molar-refractivity contribution in [3.05, 3.63) is 71.8 Å². The van der Waals surface area contributed by atoms with E-state index in [-0.39, 0.29) is 18.4 Å². The fourth-order valence-electron chi connectivity index (χ4n) is 3.57. The van der Waals surface area contributed by atoms with Crippen molar-refractivity contribution < 1.29 is 9.53 Å². The van der Waals surface area contributed by atoms with Gasteiger partial charge in [-0.3, -0.25) is 9.69 Å². The number of esters is 1. The molecule has 1 saturated heterocycles. The zero-order valence-corrected chi connectivity index (χ0v) is 15.5. The van der Waals surface area contributed by atoms with Crippen LogP contribution in [0.3, 0.4) is 0 Å². The lowest BCUT2D eigenvalue weighted by Gasteiger charge is -2.40. The van der Waals surface area contributed by atoms with Gasteiger partial charge in [0.25, 0.3) is 0 Å². The molecule has 0 radical (unpaired) electrons. The highest BCUT2D eigenvalue weighted by Crippen LogP contribution is 2.37. The first kappa shape index (κ1) is 19.5. The Morgan fingerprint density at radius 2 is 1.56 bits per heavy atom. The van der Waals surface area contributed by atoms with Gasteiger partial charge >= 0.3 is 5.97 Å². The number of carbonyl (C=O) groups excluding carboxylic acids is 1. The van der Waals surface area contributed by atoms with Crippen molar-refractivity contribution in [3.63, 3.8) is 0 Å². The fourth-order valence-corrected chi connectivity index (χ4v) is 3.57. The average molecular weight is 360 g/mol. The summed E-state index contributed by atoms with van der Waals surface area (Å²) < 4.78 is 5.44. The summed E-state index contributed by atoms with van der Waals surface area (Å²) in [6.45, 7) is 5.06. The van der Waals surface area contributed by atoms with E-state index >= 15 is 0 Å². The number of hydrogen-bond donors (Lipinski definition) is 0. The number of nitrogens with zero attached hydrogens (tertiary/aromatic N) is 1. The van der Waals surface area contributed by atoms with E-state index in [0.29, 0.717) is 6.61 Å². The van der Waals surface area contributed by atoms with Crippen LogP contribution in [-0.2, 0) is 21.5 Å². The first-order valence-corrected chi connectivity index (χ1v) is 8.73. The molecule has 134 valence electrons. The number of likely N-dealkylation sites (tertiary alicyclic amines) is 1. The third-order valence-corrected chi connectivity index (χ3v) is 4.95. The number of rotatable bonds is 5. The topological polar surface area (TPSA) is 29.5 Å². The number of hydrogen-bond acceptors (Lipinski definition) is 3. The Kier molecular flexibility index (Phi) is 7.03. The van der Waals surface area contributed by atoms with Crippen LogP contribution in [0.1, 0.15) is 30.9 Å². The molecule has 1 aliphatic heterocycles. The van der Waals surface area contributed by atoms with Crippen LogP contribution in [0.25, 0.3) is 0 Å². The van der Waals surface area contributed by atoms with E-state index in [1.807, 2.05) is 31.2 Å². The van der Waals surface area contributed by atoms with Crippen LogP contribution >= 0.6 is 12.4 Å². The molecular formula is C21H26ClNO2. The van der Waals surface area contributed by atoms with Gasteiger partial charge in [-0.25, -0.2) is 0 Å². The van der Waals surface area contributed by atoms with Crippen LogP contribution in [-0.4, -0.2) is 30.6 Å². The Balaban J connectivity index is 0.00000225. The Labute approximate surface area is 156 Å². The molecule has 1 aliphatic rings. The molecule has 0 saturated carbocycles. The molecular weight excluding hydrogens is 334 g/mol. The minimum atomic E-state index is -0.496. The van der Waals surface area contributed by atoms with Gasteiger partial charge in [-0.1, -0.05) is 60.7 Å². The second-order valence-corrected chi connectivity index (χ2v) is 6.43. The molecule has 0 unspecified atom stereocenters. The Morgan fingerprint density at radius 1 is 1.00 bits per heavy atom. The molecule has 0 aliphatic carbocycles. The van der Waals surface area contributed by atoms with Crippen LogP contribution in [0, 0.1) is 0 Å². The van der Waals surface area contributed by atoms with E-state index in [4.69, 9.17) is 4.74 Å². The van der Waals surface area contributed by atoms with E-state index in [1.165, 1.54) is 5.56 Å². The zero-order chi connectivity index (χ0) is 16.8. The first-order chi connectivity index (χ1) is 11.7. The molecule has 0 atom stereocenters. The summed E-state index contributed by atoms with van der Waals surface area (Å²) >= 11 is 0. The maximum Gasteiger partial charge on any atom is 0.316 e. The maximum absolute atomic E-state index is 12.7. The Bertz CT molecular complexity index is 652. The first-order valence-electron chi connectivity index (χ1n) is 8.73. The predicted octanol–water partition coefficient (Wildman–Crippen LogP) is 4.21. The highest BCUT2D eigenvalue weighted by atomic mass is 35.5. The van der Waals surface area contributed by atoms with Gasteiger partial charge in [-0.2, -0.15) is 0 Å². The molecule has 3 nitrogen and oxygen atoms in total. The third kappa shape index (κ3) is 4.42. The highest BCUT2D eigenvalue weighted by Gasteiger charge is 2.44. The van der Waals surface area contributed by atoms with E-state index in [1.54, 1.807) is 0 Å². The Morgan fingerprint density at radius 3 is 2.12 bits per heavy atom. The van der Waals surface area contributed by atoms with Gasteiger partial charge in [0.1, 0.15) is 0 Å². The quantitative estimate of drug-likeness (QED) is 0.749. The van der Waals surface area contributed by atoms with Gasteiger partial charge in [0, 0.05) is 6.54 Å². The smallest absolute Gasteiger partial charge is 0.316 e. The lowest BCUT2D eigenvalue weighted by molar-refractivity contribution is -0.152. The minimum Gasteiger partial charge on any atom is -0.465 e. The molecule has 1 fully saturated rings. The van der Waals surface area contributed by atoms with Gasteiger partial charge in [0.2, 0.25) is 0 Å². The summed E-state index contributed by atoms with van der Waals surface area (Å²) in [5.41, 5.74) is 1.91. The van der Waals surface area contributed by atoms with Crippen molar-refractivity contribution in [2.45, 2.75) is 31.7 Å². The number of carbonyl (C=O) groups is 1. The second kappa shape index (κ2) is 9.02. The summed E-state index contributed by atoms with van der Waals surface area (Å²) in [5.74, 6) is -0.0736. The van der Waals surface area contributed by atoms with E-state index < -0.39 is 5.41 Å². The highest BCUT2D eigenvalue weighted by molar-refractivity contribution is 5.85. The summed E-state index contributed by atoms with van der Waals surface area (Å²) in [6.07, 6.45) is 1.62. The molecule has 2 aromatic rings. The van der Waals surface area contributed by atoms with Gasteiger partial charge < -0.3 is 4.74 Å². The van der Waals surface area contributed by atoms with Gasteiger partial charge in [-0.05, 0) is 44.0 Å². The third-order valence-electron chi connectivity index (χ3n) is 4.95. The SMILES string of the molecule is CCOC(=O)C1(c2ccccc2)CCN(Cc2ccccc2)CC1.Cl. The molecule has 2 aromatic carbocycles. The fraction of sp³-hybridized carbons (Fsp3) is 0.381. The van der Waals surface area contributed by atoms with E-state index in [2.05, 4.69) is 41.3 Å². The Hall–Kier alpha value is -1.84. The van der Waals surface area contributed by atoms with Crippen molar-refractivity contribution >= 4 is 18.4 Å². The van der Waals surface area contributed by atoms with Gasteiger partial charge in [0.15, 0.2) is 0 Å². The molecule has 0 bridgehead atoms. The summed E-state index contributed by atoms with van der Waals surface area (Å²) in [5, 5.41) is 0. The van der Waals surface area contributed by atoms with E-state index in [9.17, 15) is 4.79 Å². The second-order valence-electron chi connectivity index (χ2n) is 6.43. The van der Waals surface area contributed by atoms with Crippen molar-refractivity contribution in [2.24, 2.45) is 0 Å². The van der Waals surface area contributed by atoms with E-state index in [0.717, 1.165) is 38.0 Å².